The molecule has 112 valence electrons. The first-order valence-corrected chi connectivity index (χ1v) is 7.25. The van der Waals surface area contributed by atoms with Gasteiger partial charge in [0.05, 0.1) is 6.61 Å². The molecule has 19 heavy (non-hydrogen) atoms. The molecule has 0 aromatic carbocycles. The van der Waals surface area contributed by atoms with E-state index in [0.717, 1.165) is 51.5 Å². The Labute approximate surface area is 116 Å². The zero-order valence-corrected chi connectivity index (χ0v) is 12.5. The van der Waals surface area contributed by atoms with E-state index in [9.17, 15) is 5.11 Å². The number of hydrogen-bond acceptors (Lipinski definition) is 3. The lowest BCUT2D eigenvalue weighted by molar-refractivity contribution is 0.127. The molecule has 0 aromatic rings. The van der Waals surface area contributed by atoms with Gasteiger partial charge in [-0.15, -0.1) is 0 Å². The Balaban J connectivity index is 2.35. The topological polar surface area (TPSA) is 65.9 Å². The van der Waals surface area contributed by atoms with Crippen LogP contribution in [0.15, 0.2) is 4.99 Å². The number of hydrogen-bond donors (Lipinski definition) is 3. The van der Waals surface area contributed by atoms with Crippen molar-refractivity contribution >= 4 is 5.96 Å². The van der Waals surface area contributed by atoms with Crippen molar-refractivity contribution in [1.82, 2.24) is 10.6 Å². The number of aliphatic imine (C=N–C) groups is 1. The monoisotopic (exact) mass is 271 g/mol. The van der Waals surface area contributed by atoms with Crippen molar-refractivity contribution in [3.05, 3.63) is 0 Å². The van der Waals surface area contributed by atoms with E-state index >= 15 is 0 Å². The van der Waals surface area contributed by atoms with Crippen molar-refractivity contribution in [2.75, 3.05) is 40.0 Å². The molecule has 1 aliphatic heterocycles. The maximum absolute atomic E-state index is 9.19. The highest BCUT2D eigenvalue weighted by atomic mass is 16.5. The highest BCUT2D eigenvalue weighted by molar-refractivity contribution is 5.79. The van der Waals surface area contributed by atoms with Crippen LogP contribution < -0.4 is 10.6 Å². The predicted octanol–water partition coefficient (Wildman–Crippen LogP) is 0.987. The SMILES string of the molecule is CN=C(NCCC(C)C)NCC1(CCO)CCOC1. The van der Waals surface area contributed by atoms with Gasteiger partial charge in [-0.25, -0.2) is 0 Å². The van der Waals surface area contributed by atoms with Gasteiger partial charge in [-0.2, -0.15) is 0 Å². The van der Waals surface area contributed by atoms with E-state index < -0.39 is 0 Å². The normalized spacial score (nSPS) is 23.9. The molecule has 1 saturated heterocycles. The molecule has 0 radical (unpaired) electrons. The van der Waals surface area contributed by atoms with Crippen LogP contribution in [0.2, 0.25) is 0 Å². The smallest absolute Gasteiger partial charge is 0.190 e. The van der Waals surface area contributed by atoms with Crippen LogP contribution in [0.3, 0.4) is 0 Å². The van der Waals surface area contributed by atoms with Crippen LogP contribution in [0.1, 0.15) is 33.1 Å². The molecule has 0 spiro atoms. The van der Waals surface area contributed by atoms with Gasteiger partial charge in [0.2, 0.25) is 0 Å². The minimum absolute atomic E-state index is 0.0599. The number of aliphatic hydroxyl groups excluding tert-OH is 1. The van der Waals surface area contributed by atoms with Gasteiger partial charge >= 0.3 is 0 Å². The van der Waals surface area contributed by atoms with Gasteiger partial charge in [0.25, 0.3) is 0 Å². The Kier molecular flexibility index (Phi) is 7.16. The van der Waals surface area contributed by atoms with E-state index in [-0.39, 0.29) is 12.0 Å². The van der Waals surface area contributed by atoms with Crippen LogP contribution >= 0.6 is 0 Å². The fourth-order valence-corrected chi connectivity index (χ4v) is 2.28. The summed E-state index contributed by atoms with van der Waals surface area (Å²) in [6, 6.07) is 0. The summed E-state index contributed by atoms with van der Waals surface area (Å²) in [7, 11) is 1.79. The maximum Gasteiger partial charge on any atom is 0.190 e. The fourth-order valence-electron chi connectivity index (χ4n) is 2.28. The van der Waals surface area contributed by atoms with E-state index in [4.69, 9.17) is 4.74 Å². The van der Waals surface area contributed by atoms with E-state index in [1.807, 2.05) is 0 Å². The molecule has 0 aromatic heterocycles. The predicted molar refractivity (Wildman–Crippen MR) is 78.4 cm³/mol. The van der Waals surface area contributed by atoms with Crippen molar-refractivity contribution in [2.24, 2.45) is 16.3 Å². The molecular formula is C14H29N3O2. The molecule has 5 heteroatoms. The van der Waals surface area contributed by atoms with Crippen LogP contribution in [0.4, 0.5) is 0 Å². The molecule has 1 atom stereocenters. The Hall–Kier alpha value is -0.810. The zero-order valence-electron chi connectivity index (χ0n) is 12.5. The lowest BCUT2D eigenvalue weighted by Crippen LogP contribution is -2.44. The number of ether oxygens (including phenoxy) is 1. The van der Waals surface area contributed by atoms with Crippen molar-refractivity contribution < 1.29 is 9.84 Å². The highest BCUT2D eigenvalue weighted by Crippen LogP contribution is 2.31. The lowest BCUT2D eigenvalue weighted by atomic mass is 9.84. The zero-order chi connectivity index (χ0) is 14.1. The van der Waals surface area contributed by atoms with Crippen molar-refractivity contribution in [3.63, 3.8) is 0 Å². The van der Waals surface area contributed by atoms with Crippen molar-refractivity contribution in [3.8, 4) is 0 Å². The summed E-state index contributed by atoms with van der Waals surface area (Å²) in [5, 5.41) is 15.9. The summed E-state index contributed by atoms with van der Waals surface area (Å²) in [5.74, 6) is 1.53. The van der Waals surface area contributed by atoms with Gasteiger partial charge in [0.1, 0.15) is 0 Å². The summed E-state index contributed by atoms with van der Waals surface area (Å²) in [6.07, 6.45) is 2.91. The Morgan fingerprint density at radius 2 is 2.21 bits per heavy atom. The average molecular weight is 271 g/mol. The molecule has 1 heterocycles. The molecule has 0 aliphatic carbocycles. The Morgan fingerprint density at radius 3 is 2.74 bits per heavy atom. The molecular weight excluding hydrogens is 242 g/mol. The molecule has 1 fully saturated rings. The second kappa shape index (κ2) is 8.38. The third-order valence-electron chi connectivity index (χ3n) is 3.70. The van der Waals surface area contributed by atoms with Crippen molar-refractivity contribution in [1.29, 1.82) is 0 Å². The van der Waals surface area contributed by atoms with E-state index in [0.29, 0.717) is 5.92 Å². The summed E-state index contributed by atoms with van der Waals surface area (Å²) in [4.78, 5) is 4.23. The van der Waals surface area contributed by atoms with Gasteiger partial charge in [-0.05, 0) is 25.2 Å². The van der Waals surface area contributed by atoms with E-state index in [1.165, 1.54) is 0 Å². The summed E-state index contributed by atoms with van der Waals surface area (Å²) in [5.41, 5.74) is 0.0599. The van der Waals surface area contributed by atoms with E-state index in [2.05, 4.69) is 29.5 Å². The number of nitrogens with one attached hydrogen (secondary N) is 2. The van der Waals surface area contributed by atoms with Crippen LogP contribution in [-0.4, -0.2) is 51.0 Å². The highest BCUT2D eigenvalue weighted by Gasteiger charge is 2.34. The molecule has 3 N–H and O–H groups in total. The maximum atomic E-state index is 9.19. The molecule has 1 aliphatic rings. The van der Waals surface area contributed by atoms with Gasteiger partial charge in [-0.1, -0.05) is 13.8 Å². The first-order chi connectivity index (χ1) is 9.12. The molecule has 0 bridgehead atoms. The largest absolute Gasteiger partial charge is 0.396 e. The second-order valence-corrected chi connectivity index (χ2v) is 5.81. The lowest BCUT2D eigenvalue weighted by Gasteiger charge is -2.27. The minimum Gasteiger partial charge on any atom is -0.396 e. The van der Waals surface area contributed by atoms with Gasteiger partial charge in [0.15, 0.2) is 5.96 Å². The van der Waals surface area contributed by atoms with Crippen molar-refractivity contribution in [2.45, 2.75) is 33.1 Å². The standard InChI is InChI=1S/C14H29N3O2/c1-12(2)4-7-16-13(15-3)17-10-14(5-8-18)6-9-19-11-14/h12,18H,4-11H2,1-3H3,(H2,15,16,17). The fraction of sp³-hybridized carbons (Fsp3) is 0.929. The van der Waals surface area contributed by atoms with Gasteiger partial charge in [-0.3, -0.25) is 4.99 Å². The third-order valence-corrected chi connectivity index (χ3v) is 3.70. The average Bonchev–Trinajstić information content (AvgIpc) is 2.82. The van der Waals surface area contributed by atoms with Crippen LogP contribution in [-0.2, 0) is 4.74 Å². The minimum atomic E-state index is 0.0599. The number of nitrogens with zero attached hydrogens (tertiary/aromatic N) is 1. The third kappa shape index (κ3) is 5.78. The second-order valence-electron chi connectivity index (χ2n) is 5.81. The van der Waals surface area contributed by atoms with Gasteiger partial charge < -0.3 is 20.5 Å². The van der Waals surface area contributed by atoms with E-state index in [1.54, 1.807) is 7.05 Å². The van der Waals surface area contributed by atoms with Crippen LogP contribution in [0.25, 0.3) is 0 Å². The van der Waals surface area contributed by atoms with Crippen LogP contribution in [0.5, 0.6) is 0 Å². The van der Waals surface area contributed by atoms with Gasteiger partial charge in [0, 0.05) is 38.8 Å². The first kappa shape index (κ1) is 16.2. The van der Waals surface area contributed by atoms with Crippen LogP contribution in [0, 0.1) is 11.3 Å². The molecule has 0 amide bonds. The number of rotatable bonds is 7. The molecule has 5 nitrogen and oxygen atoms in total. The molecule has 1 rings (SSSR count). The summed E-state index contributed by atoms with van der Waals surface area (Å²) >= 11 is 0. The summed E-state index contributed by atoms with van der Waals surface area (Å²) < 4.78 is 5.48. The quantitative estimate of drug-likeness (QED) is 0.477. The molecule has 1 unspecified atom stereocenters. The number of guanidine groups is 1. The Morgan fingerprint density at radius 1 is 1.42 bits per heavy atom. The Bertz CT molecular complexity index is 274. The first-order valence-electron chi connectivity index (χ1n) is 7.25. The molecule has 0 saturated carbocycles. The summed E-state index contributed by atoms with van der Waals surface area (Å²) in [6.45, 7) is 7.89. The number of aliphatic hydroxyl groups is 1.